The highest BCUT2D eigenvalue weighted by Gasteiger charge is 2.26. The zero-order chi connectivity index (χ0) is 17.8. The van der Waals surface area contributed by atoms with Gasteiger partial charge in [0.1, 0.15) is 5.82 Å². The Kier molecular flexibility index (Phi) is 5.68. The number of hydrogen-bond acceptors (Lipinski definition) is 3. The summed E-state index contributed by atoms with van der Waals surface area (Å²) in [6.45, 7) is 2.82. The van der Waals surface area contributed by atoms with Crippen molar-refractivity contribution in [3.05, 3.63) is 35.1 Å². The zero-order valence-electron chi connectivity index (χ0n) is 14.7. The molecule has 1 aliphatic heterocycles. The smallest absolute Gasteiger partial charge is 0.321 e. The van der Waals surface area contributed by atoms with E-state index < -0.39 is 6.03 Å². The molecule has 2 aliphatic rings. The number of amides is 3. The van der Waals surface area contributed by atoms with Gasteiger partial charge in [0.2, 0.25) is 5.91 Å². The van der Waals surface area contributed by atoms with Crippen LogP contribution in [0.4, 0.5) is 9.18 Å². The molecule has 3 amide bonds. The van der Waals surface area contributed by atoms with E-state index in [-0.39, 0.29) is 30.4 Å². The molecule has 25 heavy (non-hydrogen) atoms. The molecule has 3 rings (SSSR count). The monoisotopic (exact) mass is 347 g/mol. The molecule has 0 saturated heterocycles. The van der Waals surface area contributed by atoms with E-state index in [0.717, 1.165) is 49.8 Å². The van der Waals surface area contributed by atoms with Crippen molar-refractivity contribution in [3.63, 3.8) is 0 Å². The quantitative estimate of drug-likeness (QED) is 0.884. The van der Waals surface area contributed by atoms with E-state index in [1.165, 1.54) is 12.5 Å². The Labute approximate surface area is 148 Å². The number of nitrogens with zero attached hydrogens (tertiary/aromatic N) is 1. The number of carbonyl (C=O) groups excluding carboxylic acids is 2. The number of hydrogen-bond donors (Lipinski definition) is 2. The number of benzene rings is 1. The molecule has 1 aromatic rings. The van der Waals surface area contributed by atoms with Crippen LogP contribution in [-0.4, -0.2) is 36.0 Å². The van der Waals surface area contributed by atoms with Gasteiger partial charge in [-0.1, -0.05) is 25.3 Å². The van der Waals surface area contributed by atoms with E-state index in [1.54, 1.807) is 6.07 Å². The minimum atomic E-state index is -0.409. The van der Waals surface area contributed by atoms with Crippen molar-refractivity contribution in [2.75, 3.05) is 13.1 Å². The molecule has 1 unspecified atom stereocenters. The Bertz CT molecular complexity index is 644. The Morgan fingerprint density at radius 1 is 1.24 bits per heavy atom. The first kappa shape index (κ1) is 17.9. The van der Waals surface area contributed by atoms with Gasteiger partial charge in [-0.25, -0.2) is 9.18 Å². The van der Waals surface area contributed by atoms with Crippen LogP contribution in [0, 0.1) is 5.82 Å². The molecule has 1 fully saturated rings. The summed E-state index contributed by atoms with van der Waals surface area (Å²) in [5.74, 6) is -0.580. The maximum absolute atomic E-state index is 13.5. The van der Waals surface area contributed by atoms with Crippen molar-refractivity contribution in [2.45, 2.75) is 57.5 Å². The Morgan fingerprint density at radius 3 is 2.76 bits per heavy atom. The van der Waals surface area contributed by atoms with Gasteiger partial charge in [-0.2, -0.15) is 0 Å². The van der Waals surface area contributed by atoms with Crippen LogP contribution in [0.5, 0.6) is 0 Å². The summed E-state index contributed by atoms with van der Waals surface area (Å²) in [5, 5.41) is 5.31. The fraction of sp³-hybridized carbons (Fsp3) is 0.579. The van der Waals surface area contributed by atoms with Crippen LogP contribution in [0.25, 0.3) is 0 Å². The van der Waals surface area contributed by atoms with Gasteiger partial charge in [-0.3, -0.25) is 15.0 Å². The van der Waals surface area contributed by atoms with Gasteiger partial charge in [-0.05, 0) is 49.4 Å². The van der Waals surface area contributed by atoms with Crippen molar-refractivity contribution in [2.24, 2.45) is 0 Å². The highest BCUT2D eigenvalue weighted by molar-refractivity contribution is 5.95. The number of fused-ring (bicyclic) bond motifs is 1. The summed E-state index contributed by atoms with van der Waals surface area (Å²) < 4.78 is 13.5. The summed E-state index contributed by atoms with van der Waals surface area (Å²) in [6, 6.07) is 4.55. The first-order valence-electron chi connectivity index (χ1n) is 9.15. The van der Waals surface area contributed by atoms with Gasteiger partial charge in [0.15, 0.2) is 0 Å². The van der Waals surface area contributed by atoms with Crippen LogP contribution in [0.15, 0.2) is 18.2 Å². The van der Waals surface area contributed by atoms with Gasteiger partial charge in [-0.15, -0.1) is 0 Å². The summed E-state index contributed by atoms with van der Waals surface area (Å²) >= 11 is 0. The van der Waals surface area contributed by atoms with Crippen molar-refractivity contribution in [1.29, 1.82) is 0 Å². The van der Waals surface area contributed by atoms with Crippen LogP contribution in [0.1, 0.15) is 56.2 Å². The topological polar surface area (TPSA) is 61.4 Å². The maximum Gasteiger partial charge on any atom is 0.321 e. The molecule has 1 heterocycles. The molecule has 136 valence electrons. The highest BCUT2D eigenvalue weighted by Crippen LogP contribution is 2.29. The summed E-state index contributed by atoms with van der Waals surface area (Å²) in [4.78, 5) is 26.2. The Hall–Kier alpha value is -1.95. The standard InChI is InChI=1S/C19H26FN3O2/c1-13-17-11-15(20)8-7-14(17)9-10-23(13)12-18(24)22-19(25)21-16-5-3-2-4-6-16/h7-8,11,13,16H,2-6,9-10,12H2,1H3,(H2,21,22,24,25). The average molecular weight is 347 g/mol. The molecule has 0 aromatic heterocycles. The molecule has 1 aliphatic carbocycles. The molecular formula is C19H26FN3O2. The maximum atomic E-state index is 13.5. The largest absolute Gasteiger partial charge is 0.335 e. The van der Waals surface area contributed by atoms with E-state index in [1.807, 2.05) is 17.9 Å². The number of imide groups is 1. The molecular weight excluding hydrogens is 321 g/mol. The molecule has 1 aromatic carbocycles. The minimum absolute atomic E-state index is 0.0494. The van der Waals surface area contributed by atoms with Gasteiger partial charge < -0.3 is 5.32 Å². The molecule has 0 radical (unpaired) electrons. The van der Waals surface area contributed by atoms with E-state index in [2.05, 4.69) is 10.6 Å². The van der Waals surface area contributed by atoms with E-state index in [4.69, 9.17) is 0 Å². The fourth-order valence-corrected chi connectivity index (χ4v) is 3.87. The Balaban J connectivity index is 1.51. The average Bonchev–Trinajstić information content (AvgIpc) is 2.58. The third kappa shape index (κ3) is 4.57. The molecule has 0 spiro atoms. The molecule has 5 nitrogen and oxygen atoms in total. The second-order valence-electron chi connectivity index (χ2n) is 7.10. The van der Waals surface area contributed by atoms with Crippen molar-refractivity contribution < 1.29 is 14.0 Å². The Morgan fingerprint density at radius 2 is 2.00 bits per heavy atom. The first-order valence-corrected chi connectivity index (χ1v) is 9.15. The predicted octanol–water partition coefficient (Wildman–Crippen LogP) is 2.90. The third-order valence-corrected chi connectivity index (χ3v) is 5.31. The normalized spacial score (nSPS) is 21.4. The summed E-state index contributed by atoms with van der Waals surface area (Å²) in [6.07, 6.45) is 6.20. The predicted molar refractivity (Wildman–Crippen MR) is 93.6 cm³/mol. The fourth-order valence-electron chi connectivity index (χ4n) is 3.87. The first-order chi connectivity index (χ1) is 12.0. The third-order valence-electron chi connectivity index (χ3n) is 5.31. The second-order valence-corrected chi connectivity index (χ2v) is 7.10. The van der Waals surface area contributed by atoms with Crippen LogP contribution >= 0.6 is 0 Å². The van der Waals surface area contributed by atoms with Gasteiger partial charge in [0.05, 0.1) is 6.54 Å². The zero-order valence-corrected chi connectivity index (χ0v) is 14.7. The molecule has 1 atom stereocenters. The summed E-state index contributed by atoms with van der Waals surface area (Å²) in [7, 11) is 0. The van der Waals surface area contributed by atoms with E-state index >= 15 is 0 Å². The minimum Gasteiger partial charge on any atom is -0.335 e. The van der Waals surface area contributed by atoms with Gasteiger partial charge in [0.25, 0.3) is 0 Å². The van der Waals surface area contributed by atoms with E-state index in [9.17, 15) is 14.0 Å². The molecule has 2 N–H and O–H groups in total. The number of rotatable bonds is 3. The van der Waals surface area contributed by atoms with Crippen molar-refractivity contribution >= 4 is 11.9 Å². The lowest BCUT2D eigenvalue weighted by Crippen LogP contribution is -2.49. The SMILES string of the molecule is CC1c2cc(F)ccc2CCN1CC(=O)NC(=O)NC1CCCCC1. The van der Waals surface area contributed by atoms with Gasteiger partial charge in [0, 0.05) is 18.6 Å². The van der Waals surface area contributed by atoms with Crippen LogP contribution < -0.4 is 10.6 Å². The van der Waals surface area contributed by atoms with E-state index in [0.29, 0.717) is 0 Å². The van der Waals surface area contributed by atoms with Crippen LogP contribution in [0.3, 0.4) is 0 Å². The number of nitrogens with one attached hydrogen (secondary N) is 2. The molecule has 6 heteroatoms. The van der Waals surface area contributed by atoms with Crippen LogP contribution in [-0.2, 0) is 11.2 Å². The van der Waals surface area contributed by atoms with Crippen LogP contribution in [0.2, 0.25) is 0 Å². The van der Waals surface area contributed by atoms with Gasteiger partial charge >= 0.3 is 6.03 Å². The second kappa shape index (κ2) is 7.95. The summed E-state index contributed by atoms with van der Waals surface area (Å²) in [5.41, 5.74) is 2.05. The lowest BCUT2D eigenvalue weighted by atomic mass is 9.93. The highest BCUT2D eigenvalue weighted by atomic mass is 19.1. The van der Waals surface area contributed by atoms with Crippen molar-refractivity contribution in [3.8, 4) is 0 Å². The lowest BCUT2D eigenvalue weighted by molar-refractivity contribution is -0.121. The number of urea groups is 1. The number of carbonyl (C=O) groups is 2. The lowest BCUT2D eigenvalue weighted by Gasteiger charge is -2.34. The molecule has 0 bridgehead atoms. The van der Waals surface area contributed by atoms with Crippen molar-refractivity contribution in [1.82, 2.24) is 15.5 Å². The number of halogens is 1. The molecule has 1 saturated carbocycles.